The number of benzene rings is 1. The molecule has 1 unspecified atom stereocenters. The number of nitrogens with one attached hydrogen (secondary N) is 1. The van der Waals surface area contributed by atoms with E-state index in [0.29, 0.717) is 18.9 Å². The van der Waals surface area contributed by atoms with Gasteiger partial charge in [0.15, 0.2) is 0 Å². The summed E-state index contributed by atoms with van der Waals surface area (Å²) in [5.41, 5.74) is 0.0847. The number of alkyl halides is 2. The molecule has 4 heteroatoms. The Morgan fingerprint density at radius 3 is 2.63 bits per heavy atom. The molecule has 1 fully saturated rings. The van der Waals surface area contributed by atoms with Crippen LogP contribution in [0.5, 0.6) is 5.75 Å². The van der Waals surface area contributed by atoms with Gasteiger partial charge in [0.05, 0.1) is 6.61 Å². The van der Waals surface area contributed by atoms with Crippen LogP contribution in [0.15, 0.2) is 24.3 Å². The van der Waals surface area contributed by atoms with E-state index >= 15 is 0 Å². The minimum Gasteiger partial charge on any atom is -0.494 e. The fraction of sp³-hybridized carbons (Fsp3) is 0.600. The normalized spacial score (nSPS) is 20.3. The quantitative estimate of drug-likeness (QED) is 0.882. The Bertz CT molecular complexity index is 386. The first-order chi connectivity index (χ1) is 9.12. The largest absolute Gasteiger partial charge is 0.494 e. The topological polar surface area (TPSA) is 21.3 Å². The van der Waals surface area contributed by atoms with E-state index in [4.69, 9.17) is 4.74 Å². The Kier molecular flexibility index (Phi) is 4.75. The predicted molar refractivity (Wildman–Crippen MR) is 71.7 cm³/mol. The minimum absolute atomic E-state index is 0.0651. The summed E-state index contributed by atoms with van der Waals surface area (Å²) in [6, 6.07) is 6.18. The third-order valence-electron chi connectivity index (χ3n) is 3.53. The Morgan fingerprint density at radius 1 is 1.32 bits per heavy atom. The highest BCUT2D eigenvalue weighted by Gasteiger charge is 2.35. The summed E-state index contributed by atoms with van der Waals surface area (Å²) in [6.45, 7) is 4.07. The van der Waals surface area contributed by atoms with Crippen LogP contribution in [0.1, 0.15) is 31.7 Å². The molecular formula is C15H21F2NO. The Labute approximate surface area is 113 Å². The van der Waals surface area contributed by atoms with Gasteiger partial charge in [-0.3, -0.25) is 0 Å². The molecule has 1 aromatic rings. The zero-order valence-electron chi connectivity index (χ0n) is 11.3. The molecule has 2 nitrogen and oxygen atoms in total. The van der Waals surface area contributed by atoms with Crippen molar-refractivity contribution in [3.05, 3.63) is 29.8 Å². The summed E-state index contributed by atoms with van der Waals surface area (Å²) >= 11 is 0. The molecule has 1 N–H and O–H groups in total. The summed E-state index contributed by atoms with van der Waals surface area (Å²) in [5.74, 6) is -2.05. The number of halogens is 2. The predicted octanol–water partition coefficient (Wildman–Crippen LogP) is 3.57. The van der Waals surface area contributed by atoms with E-state index in [1.54, 1.807) is 12.1 Å². The van der Waals surface area contributed by atoms with E-state index in [1.807, 2.05) is 6.92 Å². The zero-order valence-corrected chi connectivity index (χ0v) is 11.3. The second kappa shape index (κ2) is 6.33. The van der Waals surface area contributed by atoms with Gasteiger partial charge in [0.2, 0.25) is 0 Å². The fourth-order valence-corrected chi connectivity index (χ4v) is 2.54. The number of rotatable bonds is 5. The van der Waals surface area contributed by atoms with Crippen molar-refractivity contribution in [1.82, 2.24) is 5.32 Å². The van der Waals surface area contributed by atoms with Gasteiger partial charge >= 0.3 is 0 Å². The van der Waals surface area contributed by atoms with E-state index < -0.39 is 5.92 Å². The number of ether oxygens (including phenoxy) is 1. The smallest absolute Gasteiger partial charge is 0.273 e. The minimum atomic E-state index is -2.76. The molecule has 1 heterocycles. The molecule has 0 saturated carbocycles. The molecule has 106 valence electrons. The van der Waals surface area contributed by atoms with Crippen molar-refractivity contribution >= 4 is 0 Å². The van der Waals surface area contributed by atoms with Crippen molar-refractivity contribution in [3.8, 4) is 5.75 Å². The molecule has 1 atom stereocenters. The molecule has 1 aliphatic heterocycles. The van der Waals surface area contributed by atoms with Gasteiger partial charge in [-0.15, -0.1) is 0 Å². The molecule has 1 aliphatic rings. The van der Waals surface area contributed by atoms with Crippen LogP contribution in [0.3, 0.4) is 0 Å². The SMILES string of the molecule is CCOc1ccc(C(F)(F)CC2CCCNC2)cc1. The molecule has 2 rings (SSSR count). The number of piperidine rings is 1. The number of hydrogen-bond donors (Lipinski definition) is 1. The Hall–Kier alpha value is -1.16. The van der Waals surface area contributed by atoms with Crippen LogP contribution in [0.2, 0.25) is 0 Å². The second-order valence-corrected chi connectivity index (χ2v) is 5.08. The van der Waals surface area contributed by atoms with Crippen molar-refractivity contribution < 1.29 is 13.5 Å². The molecule has 0 aliphatic carbocycles. The van der Waals surface area contributed by atoms with Crippen molar-refractivity contribution in [1.29, 1.82) is 0 Å². The van der Waals surface area contributed by atoms with Crippen molar-refractivity contribution in [2.24, 2.45) is 5.92 Å². The summed E-state index contributed by atoms with van der Waals surface area (Å²) < 4.78 is 33.6. The van der Waals surface area contributed by atoms with Gasteiger partial charge in [-0.05, 0) is 63.0 Å². The van der Waals surface area contributed by atoms with Gasteiger partial charge in [-0.2, -0.15) is 0 Å². The summed E-state index contributed by atoms with van der Waals surface area (Å²) in [4.78, 5) is 0. The van der Waals surface area contributed by atoms with Gasteiger partial charge in [0.1, 0.15) is 5.75 Å². The van der Waals surface area contributed by atoms with Crippen molar-refractivity contribution in [3.63, 3.8) is 0 Å². The number of hydrogen-bond acceptors (Lipinski definition) is 2. The van der Waals surface area contributed by atoms with E-state index in [0.717, 1.165) is 19.4 Å². The van der Waals surface area contributed by atoms with Crippen molar-refractivity contribution in [2.45, 2.75) is 32.1 Å². The average Bonchev–Trinajstić information content (AvgIpc) is 2.40. The first kappa shape index (κ1) is 14.3. The average molecular weight is 269 g/mol. The molecule has 0 radical (unpaired) electrons. The molecule has 1 aromatic carbocycles. The van der Waals surface area contributed by atoms with Crippen LogP contribution in [0.25, 0.3) is 0 Å². The van der Waals surface area contributed by atoms with Gasteiger partial charge in [0.25, 0.3) is 5.92 Å². The summed E-state index contributed by atoms with van der Waals surface area (Å²) in [7, 11) is 0. The Morgan fingerprint density at radius 2 is 2.05 bits per heavy atom. The zero-order chi connectivity index (χ0) is 13.7. The maximum atomic E-state index is 14.2. The highest BCUT2D eigenvalue weighted by atomic mass is 19.3. The van der Waals surface area contributed by atoms with Crippen LogP contribution in [0.4, 0.5) is 8.78 Å². The first-order valence-electron chi connectivity index (χ1n) is 6.93. The molecular weight excluding hydrogens is 248 g/mol. The van der Waals surface area contributed by atoms with Gasteiger partial charge in [-0.25, -0.2) is 8.78 Å². The van der Waals surface area contributed by atoms with E-state index in [9.17, 15) is 8.78 Å². The highest BCUT2D eigenvalue weighted by Crippen LogP contribution is 2.37. The molecule has 1 saturated heterocycles. The summed E-state index contributed by atoms with van der Waals surface area (Å²) in [6.07, 6.45) is 1.80. The van der Waals surface area contributed by atoms with Crippen LogP contribution in [-0.4, -0.2) is 19.7 Å². The standard InChI is InChI=1S/C15H21F2NO/c1-2-19-14-7-5-13(6-8-14)15(16,17)10-12-4-3-9-18-11-12/h5-8,12,18H,2-4,9-11H2,1H3. The lowest BCUT2D eigenvalue weighted by molar-refractivity contribution is -0.0317. The second-order valence-electron chi connectivity index (χ2n) is 5.08. The van der Waals surface area contributed by atoms with Gasteiger partial charge in [0, 0.05) is 12.0 Å². The Balaban J connectivity index is 2.00. The third kappa shape index (κ3) is 3.90. The molecule has 0 bridgehead atoms. The van der Waals surface area contributed by atoms with Crippen LogP contribution < -0.4 is 10.1 Å². The van der Waals surface area contributed by atoms with E-state index in [-0.39, 0.29) is 17.9 Å². The highest BCUT2D eigenvalue weighted by molar-refractivity contribution is 5.29. The van der Waals surface area contributed by atoms with E-state index in [1.165, 1.54) is 12.1 Å². The molecule has 19 heavy (non-hydrogen) atoms. The fourth-order valence-electron chi connectivity index (χ4n) is 2.54. The lowest BCUT2D eigenvalue weighted by atomic mass is 9.90. The molecule has 0 amide bonds. The molecule has 0 spiro atoms. The monoisotopic (exact) mass is 269 g/mol. The van der Waals surface area contributed by atoms with E-state index in [2.05, 4.69) is 5.32 Å². The summed E-state index contributed by atoms with van der Waals surface area (Å²) in [5, 5.41) is 3.18. The maximum Gasteiger partial charge on any atom is 0.273 e. The van der Waals surface area contributed by atoms with Gasteiger partial charge in [-0.1, -0.05) is 0 Å². The maximum absolute atomic E-state index is 14.2. The lowest BCUT2D eigenvalue weighted by Gasteiger charge is -2.27. The van der Waals surface area contributed by atoms with Crippen LogP contribution in [-0.2, 0) is 5.92 Å². The first-order valence-corrected chi connectivity index (χ1v) is 6.93. The molecule has 0 aromatic heterocycles. The van der Waals surface area contributed by atoms with Crippen LogP contribution >= 0.6 is 0 Å². The van der Waals surface area contributed by atoms with Crippen molar-refractivity contribution in [2.75, 3.05) is 19.7 Å². The lowest BCUT2D eigenvalue weighted by Crippen LogP contribution is -2.33. The van der Waals surface area contributed by atoms with Gasteiger partial charge < -0.3 is 10.1 Å². The third-order valence-corrected chi connectivity index (χ3v) is 3.53. The van der Waals surface area contributed by atoms with Crippen LogP contribution in [0, 0.1) is 5.92 Å².